The molecule has 2 aliphatic rings. The highest BCUT2D eigenvalue weighted by atomic mass is 19.4. The second-order valence-corrected chi connectivity index (χ2v) is 15.5. The van der Waals surface area contributed by atoms with E-state index in [0.717, 1.165) is 22.8 Å². The fourth-order valence-corrected chi connectivity index (χ4v) is 7.56. The molecule has 1 aliphatic heterocycles. The van der Waals surface area contributed by atoms with Crippen LogP contribution in [-0.4, -0.2) is 71.8 Å². The van der Waals surface area contributed by atoms with Gasteiger partial charge in [-0.05, 0) is 80.8 Å². The summed E-state index contributed by atoms with van der Waals surface area (Å²) in [7, 11) is 0. The number of carbonyl (C=O) groups is 4. The Bertz CT molecular complexity index is 2250. The second-order valence-electron chi connectivity index (χ2n) is 15.5. The number of anilines is 1. The first-order chi connectivity index (χ1) is 26.4. The van der Waals surface area contributed by atoms with Crippen molar-refractivity contribution in [2.45, 2.75) is 91.5 Å². The van der Waals surface area contributed by atoms with Gasteiger partial charge in [-0.2, -0.15) is 18.3 Å². The van der Waals surface area contributed by atoms with E-state index in [1.807, 2.05) is 26.0 Å². The first-order valence-corrected chi connectivity index (χ1v) is 18.4. The number of alkyl halides is 3. The van der Waals surface area contributed by atoms with Gasteiger partial charge in [0.15, 0.2) is 5.78 Å². The van der Waals surface area contributed by atoms with Crippen LogP contribution in [0.3, 0.4) is 0 Å². The SMILES string of the molecule is C=CCCC(C)(C)C(=O)NC[C@@]12C[C@@H](C(=O)Nc3nc(C(F)(F)F)ccc3C)N(C(=O)Cn3nc(C(C)=O)c4cc(-c5cnc(C)nc5)cc(CC=C)c43)[C@@H]1C2. The Labute approximate surface area is 322 Å². The number of pyridine rings is 1. The van der Waals surface area contributed by atoms with Gasteiger partial charge >= 0.3 is 6.18 Å². The van der Waals surface area contributed by atoms with E-state index < -0.39 is 46.6 Å². The van der Waals surface area contributed by atoms with Gasteiger partial charge in [-0.25, -0.2) is 15.0 Å². The Morgan fingerprint density at radius 2 is 1.73 bits per heavy atom. The largest absolute Gasteiger partial charge is 0.433 e. The maximum Gasteiger partial charge on any atom is 0.433 e. The molecule has 3 atom stereocenters. The highest BCUT2D eigenvalue weighted by Crippen LogP contribution is 2.59. The van der Waals surface area contributed by atoms with Gasteiger partial charge < -0.3 is 15.5 Å². The van der Waals surface area contributed by atoms with Crippen LogP contribution in [0.5, 0.6) is 0 Å². The van der Waals surface area contributed by atoms with Crippen LogP contribution in [0.25, 0.3) is 22.0 Å². The molecule has 4 heterocycles. The lowest BCUT2D eigenvalue weighted by Crippen LogP contribution is -2.47. The molecule has 0 radical (unpaired) electrons. The Balaban J connectivity index is 1.35. The van der Waals surface area contributed by atoms with Crippen molar-refractivity contribution in [2.75, 3.05) is 11.9 Å². The predicted molar refractivity (Wildman–Crippen MR) is 204 cm³/mol. The molecule has 0 spiro atoms. The van der Waals surface area contributed by atoms with Gasteiger partial charge in [-0.15, -0.1) is 13.2 Å². The number of aryl methyl sites for hydroxylation is 2. The zero-order valence-electron chi connectivity index (χ0n) is 32.1. The summed E-state index contributed by atoms with van der Waals surface area (Å²) in [5.41, 5.74) is 0.698. The van der Waals surface area contributed by atoms with Crippen molar-refractivity contribution in [2.24, 2.45) is 10.8 Å². The van der Waals surface area contributed by atoms with Gasteiger partial charge in [-0.1, -0.05) is 32.1 Å². The number of allylic oxidation sites excluding steroid dienone is 2. The standard InChI is InChI=1S/C41H45F3N8O4/c1-8-10-14-39(6,7)38(56)47-22-40-17-30(37(55)49-36-23(3)12-13-31(48-36)41(42,43)44)52(32(40)18-40)33(54)21-51-35-26(11-9-2)15-27(28-19-45-25(5)46-20-28)16-29(35)34(50-51)24(4)53/h8-9,12-13,15-16,19-20,30,32H,1-2,10-11,14,17-18,21-22H2,3-7H3,(H,47,56)(H,48,49,55)/t30-,32+,40-/m0/s1. The van der Waals surface area contributed by atoms with Gasteiger partial charge in [0.2, 0.25) is 17.7 Å². The average molecular weight is 771 g/mol. The van der Waals surface area contributed by atoms with E-state index in [1.54, 1.807) is 31.5 Å². The summed E-state index contributed by atoms with van der Waals surface area (Å²) in [5, 5.41) is 10.7. The predicted octanol–water partition coefficient (Wildman–Crippen LogP) is 6.56. The smallest absolute Gasteiger partial charge is 0.355 e. The Kier molecular flexibility index (Phi) is 10.8. The number of amides is 3. The fraction of sp³-hybridized carbons (Fsp3) is 0.415. The number of hydrogen-bond acceptors (Lipinski definition) is 8. The number of carbonyl (C=O) groups excluding carboxylic acids is 4. The van der Waals surface area contributed by atoms with E-state index >= 15 is 0 Å². The van der Waals surface area contributed by atoms with Crippen molar-refractivity contribution in [1.82, 2.24) is 34.9 Å². The lowest BCUT2D eigenvalue weighted by atomic mass is 9.86. The molecule has 294 valence electrons. The summed E-state index contributed by atoms with van der Waals surface area (Å²) in [5.74, 6) is -1.36. The molecule has 4 aromatic rings. The van der Waals surface area contributed by atoms with Gasteiger partial charge in [0.1, 0.15) is 35.6 Å². The minimum absolute atomic E-state index is 0.150. The molecular formula is C41H45F3N8O4. The number of piperidine rings is 1. The third kappa shape index (κ3) is 7.84. The topological polar surface area (TPSA) is 152 Å². The van der Waals surface area contributed by atoms with E-state index in [-0.39, 0.29) is 42.7 Å². The number of ketones is 1. The molecule has 0 unspecified atom stereocenters. The minimum Gasteiger partial charge on any atom is -0.355 e. The molecule has 3 amide bonds. The minimum atomic E-state index is -4.74. The van der Waals surface area contributed by atoms with Crippen molar-refractivity contribution in [3.8, 4) is 11.1 Å². The maximum atomic E-state index is 14.5. The molecule has 6 rings (SSSR count). The van der Waals surface area contributed by atoms with Crippen molar-refractivity contribution in [3.05, 3.63) is 90.3 Å². The molecule has 0 bridgehead atoms. The van der Waals surface area contributed by atoms with Crippen LogP contribution in [0.1, 0.15) is 79.6 Å². The van der Waals surface area contributed by atoms with Crippen LogP contribution in [0, 0.1) is 24.7 Å². The Hall–Kier alpha value is -5.73. The summed E-state index contributed by atoms with van der Waals surface area (Å²) in [4.78, 5) is 68.6. The fourth-order valence-electron chi connectivity index (χ4n) is 7.56. The molecule has 2 fully saturated rings. The van der Waals surface area contributed by atoms with Crippen LogP contribution >= 0.6 is 0 Å². The molecule has 12 nitrogen and oxygen atoms in total. The number of benzene rings is 1. The average Bonchev–Trinajstić information content (AvgIpc) is 3.55. The summed E-state index contributed by atoms with van der Waals surface area (Å²) in [6.07, 6.45) is 4.33. The summed E-state index contributed by atoms with van der Waals surface area (Å²) in [6, 6.07) is 4.22. The third-order valence-electron chi connectivity index (χ3n) is 10.8. The molecule has 56 heavy (non-hydrogen) atoms. The van der Waals surface area contributed by atoms with E-state index in [1.165, 1.54) is 29.5 Å². The molecule has 15 heteroatoms. The zero-order chi connectivity index (χ0) is 40.7. The number of aromatic nitrogens is 5. The van der Waals surface area contributed by atoms with E-state index in [4.69, 9.17) is 0 Å². The van der Waals surface area contributed by atoms with Gasteiger partial charge in [0.05, 0.1) is 5.52 Å². The summed E-state index contributed by atoms with van der Waals surface area (Å²) < 4.78 is 42.2. The Morgan fingerprint density at radius 1 is 1.02 bits per heavy atom. The molecule has 1 saturated heterocycles. The number of nitrogens with one attached hydrogen (secondary N) is 2. The number of fused-ring (bicyclic) bond motifs is 2. The first-order valence-electron chi connectivity index (χ1n) is 18.4. The van der Waals surface area contributed by atoms with E-state index in [0.29, 0.717) is 48.0 Å². The third-order valence-corrected chi connectivity index (χ3v) is 10.8. The molecule has 3 aromatic heterocycles. The summed E-state index contributed by atoms with van der Waals surface area (Å²) >= 11 is 0. The highest BCUT2D eigenvalue weighted by Gasteiger charge is 2.67. The molecule has 1 aromatic carbocycles. The van der Waals surface area contributed by atoms with Crippen molar-refractivity contribution in [3.63, 3.8) is 0 Å². The molecular weight excluding hydrogens is 725 g/mol. The quantitative estimate of drug-likeness (QED) is 0.108. The van der Waals surface area contributed by atoms with Gasteiger partial charge in [-0.3, -0.25) is 23.9 Å². The van der Waals surface area contributed by atoms with Crippen LogP contribution < -0.4 is 10.6 Å². The van der Waals surface area contributed by atoms with Crippen molar-refractivity contribution < 1.29 is 32.3 Å². The number of likely N-dealkylation sites (tertiary alicyclic amines) is 1. The number of hydrogen-bond donors (Lipinski definition) is 2. The van der Waals surface area contributed by atoms with Crippen LogP contribution in [0.15, 0.2) is 62.0 Å². The number of nitrogens with zero attached hydrogens (tertiary/aromatic N) is 6. The first kappa shape index (κ1) is 39.9. The number of Topliss-reactive ketones (excluding diaryl/α,β-unsaturated/α-hetero) is 1. The molecule has 2 N–H and O–H groups in total. The van der Waals surface area contributed by atoms with E-state index in [9.17, 15) is 32.3 Å². The number of halogens is 3. The molecule has 1 saturated carbocycles. The maximum absolute atomic E-state index is 14.5. The van der Waals surface area contributed by atoms with Crippen LogP contribution in [0.2, 0.25) is 0 Å². The van der Waals surface area contributed by atoms with Gasteiger partial charge in [0.25, 0.3) is 0 Å². The van der Waals surface area contributed by atoms with Crippen LogP contribution in [-0.2, 0) is 33.5 Å². The zero-order valence-corrected chi connectivity index (χ0v) is 32.1. The summed E-state index contributed by atoms with van der Waals surface area (Å²) in [6.45, 7) is 15.8. The monoisotopic (exact) mass is 770 g/mol. The molecule has 1 aliphatic carbocycles. The van der Waals surface area contributed by atoms with Crippen molar-refractivity contribution >= 4 is 40.2 Å². The number of rotatable bonds is 14. The Morgan fingerprint density at radius 3 is 2.38 bits per heavy atom. The second kappa shape index (κ2) is 15.1. The van der Waals surface area contributed by atoms with Crippen LogP contribution in [0.4, 0.5) is 19.0 Å². The lowest BCUT2D eigenvalue weighted by molar-refractivity contribution is -0.141. The lowest BCUT2D eigenvalue weighted by Gasteiger charge is -2.27. The van der Waals surface area contributed by atoms with Crippen molar-refractivity contribution in [1.29, 1.82) is 0 Å². The van der Waals surface area contributed by atoms with E-state index in [2.05, 4.69) is 43.8 Å². The van der Waals surface area contributed by atoms with Gasteiger partial charge in [0, 0.05) is 53.7 Å². The highest BCUT2D eigenvalue weighted by molar-refractivity contribution is 6.07. The normalized spacial score (nSPS) is 19.0.